The Labute approximate surface area is 171 Å². The molecule has 2 heterocycles. The monoisotopic (exact) mass is 407 g/mol. The highest BCUT2D eigenvalue weighted by Crippen LogP contribution is 2.25. The summed E-state index contributed by atoms with van der Waals surface area (Å²) in [5.74, 6) is -1.24. The van der Waals surface area contributed by atoms with E-state index in [0.717, 1.165) is 5.56 Å². The first-order chi connectivity index (χ1) is 14.5. The predicted octanol–water partition coefficient (Wildman–Crippen LogP) is 1.53. The van der Waals surface area contributed by atoms with E-state index < -0.39 is 23.8 Å². The van der Waals surface area contributed by atoms with Crippen LogP contribution in [-0.4, -0.2) is 50.2 Å². The van der Waals surface area contributed by atoms with E-state index >= 15 is 0 Å². The average Bonchev–Trinajstić information content (AvgIpc) is 3.29. The third-order valence-electron chi connectivity index (χ3n) is 4.73. The molecule has 0 radical (unpaired) electrons. The second kappa shape index (κ2) is 7.74. The molecule has 2 aromatic carbocycles. The van der Waals surface area contributed by atoms with Crippen LogP contribution in [0.5, 0.6) is 5.75 Å². The molecule has 10 heteroatoms. The van der Waals surface area contributed by atoms with Crippen LogP contribution in [0, 0.1) is 6.92 Å². The number of nitrogens with zero attached hydrogens (tertiary/aromatic N) is 5. The molecule has 0 saturated carbocycles. The summed E-state index contributed by atoms with van der Waals surface area (Å²) in [7, 11) is 1.54. The number of methoxy groups -OCH3 is 1. The Kier molecular flexibility index (Phi) is 4.97. The van der Waals surface area contributed by atoms with Gasteiger partial charge in [0, 0.05) is 6.42 Å². The van der Waals surface area contributed by atoms with Gasteiger partial charge in [0.25, 0.3) is 11.8 Å². The smallest absolute Gasteiger partial charge is 0.358 e. The first-order valence-corrected chi connectivity index (χ1v) is 9.06. The van der Waals surface area contributed by atoms with Crippen LogP contribution in [0.25, 0.3) is 0 Å². The summed E-state index contributed by atoms with van der Waals surface area (Å²) in [6, 6.07) is 12.4. The van der Waals surface area contributed by atoms with Crippen LogP contribution in [-0.2, 0) is 16.1 Å². The number of benzene rings is 2. The molecule has 0 saturated heterocycles. The number of carbonyl (C=O) groups excluding carboxylic acids is 3. The number of hydrogen-bond acceptors (Lipinski definition) is 8. The summed E-state index contributed by atoms with van der Waals surface area (Å²) in [5.41, 5.74) is 1.12. The van der Waals surface area contributed by atoms with E-state index in [-0.39, 0.29) is 17.5 Å². The lowest BCUT2D eigenvalue weighted by Crippen LogP contribution is -2.37. The lowest BCUT2D eigenvalue weighted by Gasteiger charge is -2.19. The lowest BCUT2D eigenvalue weighted by atomic mass is 10.1. The SMILES string of the molecule is COc1cccc(CC(C(=O)ON2C(=O)c3ccccc3C2=O)n2nnnc2C)c1. The van der Waals surface area contributed by atoms with Gasteiger partial charge in [0.15, 0.2) is 6.04 Å². The summed E-state index contributed by atoms with van der Waals surface area (Å²) in [4.78, 5) is 43.3. The van der Waals surface area contributed by atoms with E-state index in [9.17, 15) is 14.4 Å². The van der Waals surface area contributed by atoms with Gasteiger partial charge < -0.3 is 9.57 Å². The van der Waals surface area contributed by atoms with Crippen LogP contribution < -0.4 is 4.74 Å². The third-order valence-corrected chi connectivity index (χ3v) is 4.73. The number of hydrogen-bond donors (Lipinski definition) is 0. The van der Waals surface area contributed by atoms with Gasteiger partial charge in [-0.05, 0) is 47.2 Å². The fraction of sp³-hybridized carbons (Fsp3) is 0.200. The molecular formula is C20H17N5O5. The highest BCUT2D eigenvalue weighted by Gasteiger charge is 2.40. The summed E-state index contributed by atoms with van der Waals surface area (Å²) in [6.45, 7) is 1.63. The number of aromatic nitrogens is 4. The molecule has 1 unspecified atom stereocenters. The molecule has 1 aliphatic heterocycles. The summed E-state index contributed by atoms with van der Waals surface area (Å²) < 4.78 is 6.51. The van der Waals surface area contributed by atoms with E-state index in [1.165, 1.54) is 16.8 Å². The molecule has 0 fully saturated rings. The number of carbonyl (C=O) groups is 3. The molecule has 0 N–H and O–H groups in total. The van der Waals surface area contributed by atoms with Crippen molar-refractivity contribution in [3.05, 3.63) is 71.0 Å². The topological polar surface area (TPSA) is 117 Å². The zero-order valence-electron chi connectivity index (χ0n) is 16.2. The minimum atomic E-state index is -1.00. The largest absolute Gasteiger partial charge is 0.497 e. The number of tetrazole rings is 1. The molecule has 4 rings (SSSR count). The maximum atomic E-state index is 13.0. The Balaban J connectivity index is 1.61. The molecule has 3 aromatic rings. The van der Waals surface area contributed by atoms with Gasteiger partial charge in [-0.25, -0.2) is 9.48 Å². The number of rotatable bonds is 6. The number of amides is 2. The van der Waals surface area contributed by atoms with Crippen LogP contribution in [0.1, 0.15) is 38.1 Å². The maximum absolute atomic E-state index is 13.0. The van der Waals surface area contributed by atoms with Crippen molar-refractivity contribution in [3.8, 4) is 5.75 Å². The molecule has 0 bridgehead atoms. The fourth-order valence-corrected chi connectivity index (χ4v) is 3.22. The van der Waals surface area contributed by atoms with E-state index in [2.05, 4.69) is 15.5 Å². The number of hydroxylamine groups is 2. The molecule has 30 heavy (non-hydrogen) atoms. The highest BCUT2D eigenvalue weighted by molar-refractivity contribution is 6.20. The van der Waals surface area contributed by atoms with Crippen molar-refractivity contribution in [2.24, 2.45) is 0 Å². The Morgan fingerprint density at radius 3 is 2.37 bits per heavy atom. The second-order valence-electron chi connectivity index (χ2n) is 6.60. The second-order valence-corrected chi connectivity index (χ2v) is 6.60. The standard InChI is InChI=1S/C20H17N5O5/c1-12-21-22-23-24(12)17(11-13-6-5-7-14(10-13)29-2)20(28)30-25-18(26)15-8-3-4-9-16(15)19(25)27/h3-10,17H,11H2,1-2H3. The Morgan fingerprint density at radius 2 is 1.77 bits per heavy atom. The maximum Gasteiger partial charge on any atom is 0.358 e. The number of imide groups is 1. The van der Waals surface area contributed by atoms with Crippen LogP contribution >= 0.6 is 0 Å². The highest BCUT2D eigenvalue weighted by atomic mass is 16.7. The summed E-state index contributed by atoms with van der Waals surface area (Å²) in [6.07, 6.45) is 0.158. The quantitative estimate of drug-likeness (QED) is 0.565. The van der Waals surface area contributed by atoms with Crippen LogP contribution in [0.4, 0.5) is 0 Å². The zero-order chi connectivity index (χ0) is 21.3. The Bertz CT molecular complexity index is 1110. The number of fused-ring (bicyclic) bond motifs is 1. The Morgan fingerprint density at radius 1 is 1.07 bits per heavy atom. The van der Waals surface area contributed by atoms with Gasteiger partial charge in [-0.3, -0.25) is 9.59 Å². The van der Waals surface area contributed by atoms with Crippen molar-refractivity contribution >= 4 is 17.8 Å². The van der Waals surface area contributed by atoms with E-state index in [0.29, 0.717) is 16.6 Å². The normalized spacial score (nSPS) is 13.9. The minimum Gasteiger partial charge on any atom is -0.497 e. The first-order valence-electron chi connectivity index (χ1n) is 9.06. The summed E-state index contributed by atoms with van der Waals surface area (Å²) >= 11 is 0. The zero-order valence-corrected chi connectivity index (χ0v) is 16.2. The van der Waals surface area contributed by atoms with Crippen molar-refractivity contribution in [3.63, 3.8) is 0 Å². The number of ether oxygens (including phenoxy) is 1. The van der Waals surface area contributed by atoms with Crippen LogP contribution in [0.2, 0.25) is 0 Å². The minimum absolute atomic E-state index is 0.158. The number of aryl methyl sites for hydroxylation is 1. The van der Waals surface area contributed by atoms with Crippen molar-refractivity contribution in [2.75, 3.05) is 7.11 Å². The van der Waals surface area contributed by atoms with Crippen LogP contribution in [0.3, 0.4) is 0 Å². The van der Waals surface area contributed by atoms with Gasteiger partial charge in [0.05, 0.1) is 18.2 Å². The molecule has 2 amide bonds. The Hall–Kier alpha value is -4.08. The van der Waals surface area contributed by atoms with Crippen molar-refractivity contribution in [2.45, 2.75) is 19.4 Å². The molecule has 10 nitrogen and oxygen atoms in total. The fourth-order valence-electron chi connectivity index (χ4n) is 3.22. The van der Waals surface area contributed by atoms with Crippen LogP contribution in [0.15, 0.2) is 48.5 Å². The molecule has 1 aliphatic rings. The van der Waals surface area contributed by atoms with Gasteiger partial charge in [-0.2, -0.15) is 0 Å². The van der Waals surface area contributed by atoms with E-state index in [1.807, 2.05) is 6.07 Å². The molecule has 0 aliphatic carbocycles. The van der Waals surface area contributed by atoms with Crippen molar-refractivity contribution in [1.29, 1.82) is 0 Å². The molecule has 152 valence electrons. The summed E-state index contributed by atoms with van der Waals surface area (Å²) in [5, 5.41) is 11.7. The van der Waals surface area contributed by atoms with E-state index in [1.54, 1.807) is 44.4 Å². The molecule has 1 aromatic heterocycles. The van der Waals surface area contributed by atoms with Gasteiger partial charge in [0.1, 0.15) is 11.6 Å². The third kappa shape index (κ3) is 3.39. The van der Waals surface area contributed by atoms with Crippen molar-refractivity contribution < 1.29 is 24.0 Å². The van der Waals surface area contributed by atoms with Gasteiger partial charge in [0.2, 0.25) is 0 Å². The van der Waals surface area contributed by atoms with Crippen molar-refractivity contribution in [1.82, 2.24) is 25.3 Å². The molecule has 0 spiro atoms. The molecular weight excluding hydrogens is 390 g/mol. The predicted molar refractivity (Wildman–Crippen MR) is 101 cm³/mol. The van der Waals surface area contributed by atoms with Gasteiger partial charge >= 0.3 is 5.97 Å². The molecule has 1 atom stereocenters. The lowest BCUT2D eigenvalue weighted by molar-refractivity contribution is -0.173. The van der Waals surface area contributed by atoms with Gasteiger partial charge in [-0.1, -0.05) is 29.3 Å². The van der Waals surface area contributed by atoms with Gasteiger partial charge in [-0.15, -0.1) is 5.10 Å². The van der Waals surface area contributed by atoms with E-state index in [4.69, 9.17) is 9.57 Å². The average molecular weight is 407 g/mol. The first kappa shape index (κ1) is 19.2.